The minimum absolute atomic E-state index is 0. The van der Waals surface area contributed by atoms with E-state index < -0.39 is 0 Å². The molecular formula is C22H18Cl2NSZr. The topological polar surface area (TPSA) is 12.9 Å². The Hall–Kier alpha value is -0.857. The predicted molar refractivity (Wildman–Crippen MR) is 102 cm³/mol. The van der Waals surface area contributed by atoms with Gasteiger partial charge in [0.15, 0.2) is 0 Å². The van der Waals surface area contributed by atoms with Gasteiger partial charge in [-0.05, 0) is 29.9 Å². The van der Waals surface area contributed by atoms with Crippen molar-refractivity contribution in [1.82, 2.24) is 4.98 Å². The van der Waals surface area contributed by atoms with Crippen LogP contribution in [-0.2, 0) is 26.2 Å². The van der Waals surface area contributed by atoms with Crippen molar-refractivity contribution in [2.45, 2.75) is 12.8 Å². The average Bonchev–Trinajstić information content (AvgIpc) is 3.30. The molecule has 2 aliphatic carbocycles. The van der Waals surface area contributed by atoms with Gasteiger partial charge in [0.25, 0.3) is 0 Å². The molecule has 1 nitrogen and oxygen atoms in total. The first kappa shape index (κ1) is 24.2. The van der Waals surface area contributed by atoms with Crippen LogP contribution in [0.25, 0.3) is 6.08 Å². The zero-order valence-corrected chi connectivity index (χ0v) is 19.6. The molecule has 2 aromatic rings. The van der Waals surface area contributed by atoms with E-state index in [1.165, 1.54) is 20.9 Å². The summed E-state index contributed by atoms with van der Waals surface area (Å²) in [5.74, 6) is 0.845. The summed E-state index contributed by atoms with van der Waals surface area (Å²) >= 11 is 1.90. The third-order valence-corrected chi connectivity index (χ3v) is 5.40. The average molecular weight is 491 g/mol. The van der Waals surface area contributed by atoms with Crippen LogP contribution in [0.2, 0.25) is 0 Å². The molecule has 2 atom stereocenters. The van der Waals surface area contributed by atoms with Crippen LogP contribution in [0.3, 0.4) is 0 Å². The van der Waals surface area contributed by atoms with Crippen LogP contribution >= 0.6 is 11.8 Å². The summed E-state index contributed by atoms with van der Waals surface area (Å²) in [7, 11) is 0. The summed E-state index contributed by atoms with van der Waals surface area (Å²) in [6, 6.07) is 14.4. The molecule has 1 aliphatic heterocycles. The van der Waals surface area contributed by atoms with Gasteiger partial charge >= 0.3 is 26.2 Å². The molecule has 2 unspecified atom stereocenters. The summed E-state index contributed by atoms with van der Waals surface area (Å²) in [5.41, 5.74) is 3.63. The van der Waals surface area contributed by atoms with Crippen molar-refractivity contribution in [2.75, 3.05) is 0 Å². The molecule has 0 bridgehead atoms. The number of halogens is 2. The molecule has 135 valence electrons. The molecule has 27 heavy (non-hydrogen) atoms. The van der Waals surface area contributed by atoms with Gasteiger partial charge in [0, 0.05) is 22.7 Å². The summed E-state index contributed by atoms with van der Waals surface area (Å²) < 4.78 is 0. The molecule has 0 spiro atoms. The largest absolute Gasteiger partial charge is 3.00 e. The SMILES string of the molecule is CC1=CC2C=CC=C2S1.[C-]1=Cc2ccccc2C1c1ccccn1.[Cl-].[Cl-].[Zr+3]. The molecule has 0 saturated carbocycles. The maximum Gasteiger partial charge on any atom is 3.00 e. The zero-order valence-electron chi connectivity index (χ0n) is 14.8. The van der Waals surface area contributed by atoms with Crippen LogP contribution in [0.15, 0.2) is 82.8 Å². The van der Waals surface area contributed by atoms with Crippen molar-refractivity contribution >= 4 is 17.8 Å². The van der Waals surface area contributed by atoms with Gasteiger partial charge in [-0.1, -0.05) is 60.3 Å². The van der Waals surface area contributed by atoms with Gasteiger partial charge in [-0.15, -0.1) is 11.6 Å². The minimum atomic E-state index is 0. The number of fused-ring (bicyclic) bond motifs is 2. The van der Waals surface area contributed by atoms with E-state index in [9.17, 15) is 0 Å². The van der Waals surface area contributed by atoms with Crippen LogP contribution in [0.4, 0.5) is 0 Å². The van der Waals surface area contributed by atoms with Crippen molar-refractivity contribution in [3.63, 3.8) is 0 Å². The third-order valence-electron chi connectivity index (χ3n) is 4.30. The van der Waals surface area contributed by atoms with E-state index in [2.05, 4.69) is 72.6 Å². The van der Waals surface area contributed by atoms with E-state index in [0.717, 1.165) is 5.69 Å². The molecule has 0 N–H and O–H groups in total. The second-order valence-corrected chi connectivity index (χ2v) is 7.31. The fraction of sp³-hybridized carbons (Fsp3) is 0.136. The normalized spacial score (nSPS) is 19.9. The number of hydrogen-bond acceptors (Lipinski definition) is 2. The monoisotopic (exact) mass is 488 g/mol. The van der Waals surface area contributed by atoms with Gasteiger partial charge in [-0.3, -0.25) is 11.1 Å². The molecular weight excluding hydrogens is 472 g/mol. The predicted octanol–water partition coefficient (Wildman–Crippen LogP) is -0.244. The van der Waals surface area contributed by atoms with Gasteiger partial charge in [0.2, 0.25) is 0 Å². The second kappa shape index (κ2) is 11.2. The molecule has 0 fully saturated rings. The van der Waals surface area contributed by atoms with Crippen molar-refractivity contribution in [2.24, 2.45) is 5.92 Å². The molecule has 0 saturated heterocycles. The van der Waals surface area contributed by atoms with Crippen molar-refractivity contribution in [3.8, 4) is 0 Å². The van der Waals surface area contributed by atoms with E-state index in [1.807, 2.05) is 36.2 Å². The van der Waals surface area contributed by atoms with Crippen LogP contribution in [-0.4, -0.2) is 4.98 Å². The third kappa shape index (κ3) is 5.58. The Bertz CT molecular complexity index is 875. The van der Waals surface area contributed by atoms with Gasteiger partial charge < -0.3 is 24.8 Å². The smallest absolute Gasteiger partial charge is 1.00 e. The van der Waals surface area contributed by atoms with E-state index in [-0.39, 0.29) is 56.9 Å². The summed E-state index contributed by atoms with van der Waals surface area (Å²) in [5, 5.41) is 0. The van der Waals surface area contributed by atoms with Gasteiger partial charge in [0.05, 0.1) is 0 Å². The molecule has 1 aromatic carbocycles. The molecule has 1 radical (unpaired) electrons. The Morgan fingerprint density at radius 1 is 1.04 bits per heavy atom. The molecule has 5 heteroatoms. The number of allylic oxidation sites excluding steroid dienone is 7. The Labute approximate surface area is 197 Å². The Morgan fingerprint density at radius 3 is 2.56 bits per heavy atom. The standard InChI is InChI=1S/C14H10N.C8H8S.2ClH.Zr/c1-2-6-12-11(5-1)8-9-13(12)14-7-3-4-10-15-14;1-6-5-7-3-2-4-8(7)9-6;;;/h1-8,10,13H;2-5,7H,1H3;2*1H;/q-1;;;;+3/p-2. The molecule has 5 rings (SSSR count). The molecule has 3 aliphatic rings. The van der Waals surface area contributed by atoms with Crippen LogP contribution in [0, 0.1) is 12.0 Å². The molecule has 2 heterocycles. The van der Waals surface area contributed by atoms with Crippen molar-refractivity contribution in [1.29, 1.82) is 0 Å². The molecule has 0 amide bonds. The number of thioether (sulfide) groups is 1. The van der Waals surface area contributed by atoms with Crippen molar-refractivity contribution < 1.29 is 51.0 Å². The van der Waals surface area contributed by atoms with E-state index in [1.54, 1.807) is 0 Å². The molecule has 1 aromatic heterocycles. The van der Waals surface area contributed by atoms with Crippen LogP contribution < -0.4 is 24.8 Å². The Kier molecular flexibility index (Phi) is 10.0. The van der Waals surface area contributed by atoms with E-state index in [4.69, 9.17) is 0 Å². The minimum Gasteiger partial charge on any atom is -1.00 e. The van der Waals surface area contributed by atoms with Gasteiger partial charge in [0.1, 0.15) is 0 Å². The Morgan fingerprint density at radius 2 is 1.81 bits per heavy atom. The summed E-state index contributed by atoms with van der Waals surface area (Å²) in [4.78, 5) is 7.31. The van der Waals surface area contributed by atoms with E-state index in [0.29, 0.717) is 5.92 Å². The fourth-order valence-corrected chi connectivity index (χ4v) is 4.16. The first-order chi connectivity index (χ1) is 11.8. The second-order valence-electron chi connectivity index (χ2n) is 5.99. The first-order valence-electron chi connectivity index (χ1n) is 8.15. The number of nitrogens with zero attached hydrogens (tertiary/aromatic N) is 1. The number of aromatic nitrogens is 1. The van der Waals surface area contributed by atoms with Crippen molar-refractivity contribution in [3.05, 3.63) is 106 Å². The quantitative estimate of drug-likeness (QED) is 0.512. The zero-order chi connectivity index (χ0) is 16.4. The summed E-state index contributed by atoms with van der Waals surface area (Å²) in [6.45, 7) is 2.16. The maximum atomic E-state index is 4.38. The summed E-state index contributed by atoms with van der Waals surface area (Å²) in [6.07, 6.45) is 16.1. The van der Waals surface area contributed by atoms with Gasteiger partial charge in [-0.2, -0.15) is 5.56 Å². The van der Waals surface area contributed by atoms with Crippen LogP contribution in [0.1, 0.15) is 29.7 Å². The Balaban J connectivity index is 0.000000266. The van der Waals surface area contributed by atoms with Crippen LogP contribution in [0.5, 0.6) is 0 Å². The maximum absolute atomic E-state index is 4.38. The number of benzene rings is 1. The number of pyridine rings is 1. The fourth-order valence-electron chi connectivity index (χ4n) is 3.15. The van der Waals surface area contributed by atoms with E-state index >= 15 is 0 Å². The first-order valence-corrected chi connectivity index (χ1v) is 8.97. The van der Waals surface area contributed by atoms with Gasteiger partial charge in [-0.25, -0.2) is 6.08 Å². The number of rotatable bonds is 1. The number of hydrogen-bond donors (Lipinski definition) is 0.